The molecule has 0 spiro atoms. The van der Waals surface area contributed by atoms with E-state index in [2.05, 4.69) is 67.6 Å². The van der Waals surface area contributed by atoms with E-state index in [0.717, 1.165) is 12.8 Å². The van der Waals surface area contributed by atoms with Gasteiger partial charge >= 0.3 is 0 Å². The SMILES string of the molecule is Cc1cccc2c1C(CC1=CC=CC1)c1ccccc1-2. The minimum atomic E-state index is 0.536. The van der Waals surface area contributed by atoms with E-state index < -0.39 is 0 Å². The molecule has 2 aromatic rings. The first-order valence-electron chi connectivity index (χ1n) is 7.38. The van der Waals surface area contributed by atoms with E-state index in [0.29, 0.717) is 5.92 Å². The summed E-state index contributed by atoms with van der Waals surface area (Å²) in [4.78, 5) is 0. The number of fused-ring (bicyclic) bond motifs is 3. The van der Waals surface area contributed by atoms with Gasteiger partial charge in [0.05, 0.1) is 0 Å². The van der Waals surface area contributed by atoms with Crippen LogP contribution in [0.5, 0.6) is 0 Å². The van der Waals surface area contributed by atoms with E-state index in [1.165, 1.54) is 22.3 Å². The molecule has 0 nitrogen and oxygen atoms in total. The molecule has 20 heavy (non-hydrogen) atoms. The molecule has 0 N–H and O–H groups in total. The van der Waals surface area contributed by atoms with Gasteiger partial charge in [-0.05, 0) is 47.6 Å². The van der Waals surface area contributed by atoms with Gasteiger partial charge in [-0.1, -0.05) is 66.3 Å². The smallest absolute Gasteiger partial charge is 0.0142 e. The Kier molecular flexibility index (Phi) is 2.63. The highest BCUT2D eigenvalue weighted by molar-refractivity contribution is 5.80. The quantitative estimate of drug-likeness (QED) is 0.678. The number of allylic oxidation sites excluding steroid dienone is 4. The molecule has 0 radical (unpaired) electrons. The number of benzene rings is 2. The van der Waals surface area contributed by atoms with Crippen LogP contribution in [0.4, 0.5) is 0 Å². The first-order valence-corrected chi connectivity index (χ1v) is 7.38. The van der Waals surface area contributed by atoms with Crippen LogP contribution in [0.3, 0.4) is 0 Å². The van der Waals surface area contributed by atoms with Gasteiger partial charge in [0.15, 0.2) is 0 Å². The van der Waals surface area contributed by atoms with Gasteiger partial charge in [-0.25, -0.2) is 0 Å². The largest absolute Gasteiger partial charge is 0.0805 e. The molecular formula is C20H18. The summed E-state index contributed by atoms with van der Waals surface area (Å²) >= 11 is 0. The summed E-state index contributed by atoms with van der Waals surface area (Å²) in [5.74, 6) is 0.536. The number of aryl methyl sites for hydroxylation is 1. The number of hydrogen-bond acceptors (Lipinski definition) is 0. The van der Waals surface area contributed by atoms with Crippen molar-refractivity contribution in [2.24, 2.45) is 0 Å². The summed E-state index contributed by atoms with van der Waals surface area (Å²) < 4.78 is 0. The molecule has 2 aromatic carbocycles. The van der Waals surface area contributed by atoms with E-state index in [1.807, 2.05) is 0 Å². The molecule has 0 heterocycles. The van der Waals surface area contributed by atoms with Gasteiger partial charge in [0.25, 0.3) is 0 Å². The predicted molar refractivity (Wildman–Crippen MR) is 84.9 cm³/mol. The normalized spacial score (nSPS) is 18.9. The lowest BCUT2D eigenvalue weighted by Gasteiger charge is -2.16. The second kappa shape index (κ2) is 4.49. The van der Waals surface area contributed by atoms with Gasteiger partial charge in [-0.2, -0.15) is 0 Å². The van der Waals surface area contributed by atoms with E-state index >= 15 is 0 Å². The maximum absolute atomic E-state index is 2.31. The molecule has 0 fully saturated rings. The molecule has 4 rings (SSSR count). The van der Waals surface area contributed by atoms with Crippen LogP contribution >= 0.6 is 0 Å². The Labute approximate surface area is 120 Å². The number of rotatable bonds is 2. The molecule has 0 heteroatoms. The standard InChI is InChI=1S/C20H18/c1-14-7-6-12-18-16-10-4-5-11-17(16)19(20(14)18)13-15-8-2-3-9-15/h2-8,10-12,19H,9,13H2,1H3. The van der Waals surface area contributed by atoms with Gasteiger partial charge < -0.3 is 0 Å². The molecule has 2 aliphatic carbocycles. The van der Waals surface area contributed by atoms with Crippen LogP contribution in [0.1, 0.15) is 35.4 Å². The molecular weight excluding hydrogens is 240 g/mol. The van der Waals surface area contributed by atoms with Crippen molar-refractivity contribution in [3.8, 4) is 11.1 Å². The number of hydrogen-bond donors (Lipinski definition) is 0. The molecule has 1 unspecified atom stereocenters. The fourth-order valence-corrected chi connectivity index (χ4v) is 3.70. The Morgan fingerprint density at radius 1 is 1.00 bits per heavy atom. The summed E-state index contributed by atoms with van der Waals surface area (Å²) in [6, 6.07) is 15.6. The average molecular weight is 258 g/mol. The van der Waals surface area contributed by atoms with Crippen molar-refractivity contribution in [2.45, 2.75) is 25.7 Å². The van der Waals surface area contributed by atoms with Crippen molar-refractivity contribution in [1.82, 2.24) is 0 Å². The molecule has 2 aliphatic rings. The fourth-order valence-electron chi connectivity index (χ4n) is 3.70. The molecule has 1 atom stereocenters. The zero-order valence-electron chi connectivity index (χ0n) is 11.8. The van der Waals surface area contributed by atoms with E-state index in [1.54, 1.807) is 11.1 Å². The van der Waals surface area contributed by atoms with Crippen LogP contribution in [0, 0.1) is 6.92 Å². The zero-order chi connectivity index (χ0) is 13.5. The third-order valence-corrected chi connectivity index (χ3v) is 4.61. The summed E-state index contributed by atoms with van der Waals surface area (Å²) in [7, 11) is 0. The van der Waals surface area contributed by atoms with Crippen molar-refractivity contribution in [1.29, 1.82) is 0 Å². The molecule has 0 saturated heterocycles. The monoisotopic (exact) mass is 258 g/mol. The van der Waals surface area contributed by atoms with Crippen LogP contribution in [0.2, 0.25) is 0 Å². The first kappa shape index (κ1) is 11.7. The van der Waals surface area contributed by atoms with Crippen LogP contribution in [-0.4, -0.2) is 0 Å². The fraction of sp³-hybridized carbons (Fsp3) is 0.200. The van der Waals surface area contributed by atoms with Crippen molar-refractivity contribution >= 4 is 0 Å². The minimum Gasteiger partial charge on any atom is -0.0805 e. The molecule has 0 saturated carbocycles. The maximum Gasteiger partial charge on any atom is 0.0142 e. The van der Waals surface area contributed by atoms with Gasteiger partial charge in [-0.15, -0.1) is 0 Å². The van der Waals surface area contributed by atoms with Crippen LogP contribution < -0.4 is 0 Å². The van der Waals surface area contributed by atoms with Gasteiger partial charge in [0, 0.05) is 5.92 Å². The van der Waals surface area contributed by atoms with E-state index in [4.69, 9.17) is 0 Å². The predicted octanol–water partition coefficient (Wildman–Crippen LogP) is 5.38. The third kappa shape index (κ3) is 1.68. The lowest BCUT2D eigenvalue weighted by Crippen LogP contribution is -2.00. The van der Waals surface area contributed by atoms with Crippen molar-refractivity contribution in [2.75, 3.05) is 0 Å². The second-order valence-corrected chi connectivity index (χ2v) is 5.84. The molecule has 0 aromatic heterocycles. The van der Waals surface area contributed by atoms with Gasteiger partial charge in [0.2, 0.25) is 0 Å². The Morgan fingerprint density at radius 2 is 1.85 bits per heavy atom. The van der Waals surface area contributed by atoms with E-state index in [-0.39, 0.29) is 0 Å². The van der Waals surface area contributed by atoms with Crippen molar-refractivity contribution < 1.29 is 0 Å². The molecule has 98 valence electrons. The summed E-state index contributed by atoms with van der Waals surface area (Å²) in [6.07, 6.45) is 9.02. The van der Waals surface area contributed by atoms with Crippen molar-refractivity contribution in [3.05, 3.63) is 83.0 Å². The summed E-state index contributed by atoms with van der Waals surface area (Å²) in [5.41, 5.74) is 8.90. The second-order valence-electron chi connectivity index (χ2n) is 5.84. The Hall–Kier alpha value is -2.08. The maximum atomic E-state index is 2.31. The highest BCUT2D eigenvalue weighted by Crippen LogP contribution is 2.48. The zero-order valence-corrected chi connectivity index (χ0v) is 11.8. The Bertz CT molecular complexity index is 731. The van der Waals surface area contributed by atoms with Gasteiger partial charge in [0.1, 0.15) is 0 Å². The molecule has 0 amide bonds. The Morgan fingerprint density at radius 3 is 2.70 bits per heavy atom. The van der Waals surface area contributed by atoms with E-state index in [9.17, 15) is 0 Å². The van der Waals surface area contributed by atoms with Crippen LogP contribution in [-0.2, 0) is 0 Å². The molecule has 0 bridgehead atoms. The lowest BCUT2D eigenvalue weighted by molar-refractivity contribution is 0.799. The van der Waals surface area contributed by atoms with Crippen LogP contribution in [0.15, 0.2) is 66.3 Å². The topological polar surface area (TPSA) is 0 Å². The third-order valence-electron chi connectivity index (χ3n) is 4.61. The average Bonchev–Trinajstić information content (AvgIpc) is 3.08. The summed E-state index contributed by atoms with van der Waals surface area (Å²) in [5, 5.41) is 0. The first-order chi connectivity index (χ1) is 9.84. The highest BCUT2D eigenvalue weighted by Gasteiger charge is 2.29. The lowest BCUT2D eigenvalue weighted by atomic mass is 9.87. The summed E-state index contributed by atoms with van der Waals surface area (Å²) in [6.45, 7) is 2.25. The van der Waals surface area contributed by atoms with Crippen molar-refractivity contribution in [3.63, 3.8) is 0 Å². The highest BCUT2D eigenvalue weighted by atomic mass is 14.3. The van der Waals surface area contributed by atoms with Gasteiger partial charge in [-0.3, -0.25) is 0 Å². The minimum absolute atomic E-state index is 0.536. The molecule has 0 aliphatic heterocycles. The Balaban J connectivity index is 1.86. The van der Waals surface area contributed by atoms with Crippen LogP contribution in [0.25, 0.3) is 11.1 Å².